The Bertz CT molecular complexity index is 561. The van der Waals surface area contributed by atoms with E-state index in [4.69, 9.17) is 0 Å². The number of rotatable bonds is 6. The molecule has 2 rings (SSSR count). The van der Waals surface area contributed by atoms with Crippen molar-refractivity contribution in [1.29, 1.82) is 0 Å². The molecule has 2 heterocycles. The molecule has 0 aliphatic heterocycles. The van der Waals surface area contributed by atoms with Gasteiger partial charge in [-0.3, -0.25) is 10.1 Å². The van der Waals surface area contributed by atoms with Gasteiger partial charge in [-0.25, -0.2) is 0 Å². The van der Waals surface area contributed by atoms with Crippen LogP contribution in [0.3, 0.4) is 0 Å². The fourth-order valence-corrected chi connectivity index (χ4v) is 2.09. The molecular weight excluding hydrogens is 246 g/mol. The summed E-state index contributed by atoms with van der Waals surface area (Å²) in [4.78, 5) is 4.12. The largest absolute Gasteiger partial charge is 0.276 e. The number of unbranched alkanes of at least 4 members (excludes halogenated alkanes) is 5. The molecule has 2 aromatic heterocycles. The lowest BCUT2D eigenvalue weighted by atomic mass is 10.1. The SMILES string of the molecule is CCCCCCCC#Cc1cn[nH]c1-c1cccnc1. The van der Waals surface area contributed by atoms with Gasteiger partial charge in [0.05, 0.1) is 17.5 Å². The van der Waals surface area contributed by atoms with Gasteiger partial charge >= 0.3 is 0 Å². The number of aromatic nitrogens is 3. The van der Waals surface area contributed by atoms with Gasteiger partial charge in [-0.05, 0) is 18.6 Å². The van der Waals surface area contributed by atoms with Gasteiger partial charge in [0.25, 0.3) is 0 Å². The van der Waals surface area contributed by atoms with Crippen LogP contribution in [0.4, 0.5) is 0 Å². The minimum Gasteiger partial charge on any atom is -0.276 e. The molecule has 0 aromatic carbocycles. The Morgan fingerprint density at radius 2 is 2.05 bits per heavy atom. The minimum absolute atomic E-state index is 0.951. The van der Waals surface area contributed by atoms with Gasteiger partial charge in [-0.2, -0.15) is 5.10 Å². The second-order valence-electron chi connectivity index (χ2n) is 4.87. The van der Waals surface area contributed by atoms with Crippen LogP contribution in [0, 0.1) is 11.8 Å². The summed E-state index contributed by atoms with van der Waals surface area (Å²) in [6.07, 6.45) is 12.7. The highest BCUT2D eigenvalue weighted by atomic mass is 15.1. The summed E-state index contributed by atoms with van der Waals surface area (Å²) in [5.74, 6) is 6.46. The van der Waals surface area contributed by atoms with E-state index in [0.29, 0.717) is 0 Å². The number of pyridine rings is 1. The lowest BCUT2D eigenvalue weighted by molar-refractivity contribution is 0.641. The molecule has 0 spiro atoms. The minimum atomic E-state index is 0.951. The maximum atomic E-state index is 4.12. The van der Waals surface area contributed by atoms with Gasteiger partial charge in [0.1, 0.15) is 0 Å². The Labute approximate surface area is 120 Å². The first-order valence-corrected chi connectivity index (χ1v) is 7.34. The molecule has 0 bridgehead atoms. The first kappa shape index (κ1) is 14.3. The predicted molar refractivity (Wildman–Crippen MR) is 82.1 cm³/mol. The summed E-state index contributed by atoms with van der Waals surface area (Å²) in [7, 11) is 0. The molecule has 1 N–H and O–H groups in total. The number of aromatic amines is 1. The van der Waals surface area contributed by atoms with Crippen LogP contribution in [0.25, 0.3) is 11.3 Å². The van der Waals surface area contributed by atoms with Gasteiger partial charge in [0.2, 0.25) is 0 Å². The Balaban J connectivity index is 1.90. The third-order valence-electron chi connectivity index (χ3n) is 3.22. The van der Waals surface area contributed by atoms with Crippen molar-refractivity contribution in [2.45, 2.75) is 45.4 Å². The van der Waals surface area contributed by atoms with Gasteiger partial charge in [0.15, 0.2) is 0 Å². The number of nitrogens with one attached hydrogen (secondary N) is 1. The first-order valence-electron chi connectivity index (χ1n) is 7.34. The van der Waals surface area contributed by atoms with Crippen LogP contribution in [-0.4, -0.2) is 15.2 Å². The van der Waals surface area contributed by atoms with E-state index >= 15 is 0 Å². The summed E-state index contributed by atoms with van der Waals surface area (Å²) >= 11 is 0. The summed E-state index contributed by atoms with van der Waals surface area (Å²) in [5, 5.41) is 7.08. The van der Waals surface area contributed by atoms with Crippen LogP contribution in [0.5, 0.6) is 0 Å². The highest BCUT2D eigenvalue weighted by molar-refractivity contribution is 5.65. The smallest absolute Gasteiger partial charge is 0.0822 e. The summed E-state index contributed by atoms with van der Waals surface area (Å²) < 4.78 is 0. The van der Waals surface area contributed by atoms with Crippen molar-refractivity contribution in [3.63, 3.8) is 0 Å². The van der Waals surface area contributed by atoms with Crippen LogP contribution in [-0.2, 0) is 0 Å². The zero-order chi connectivity index (χ0) is 14.0. The van der Waals surface area contributed by atoms with Crippen molar-refractivity contribution in [1.82, 2.24) is 15.2 Å². The number of hydrogen-bond donors (Lipinski definition) is 1. The van der Waals surface area contributed by atoms with E-state index in [1.54, 1.807) is 12.4 Å². The molecule has 0 saturated carbocycles. The fourth-order valence-electron chi connectivity index (χ4n) is 2.09. The molecule has 0 saturated heterocycles. The number of H-pyrrole nitrogens is 1. The summed E-state index contributed by atoms with van der Waals surface area (Å²) in [5.41, 5.74) is 2.93. The van der Waals surface area contributed by atoms with Gasteiger partial charge in [0, 0.05) is 24.4 Å². The second kappa shape index (κ2) is 8.16. The summed E-state index contributed by atoms with van der Waals surface area (Å²) in [6.45, 7) is 2.23. The number of hydrogen-bond acceptors (Lipinski definition) is 2. The molecular formula is C17H21N3. The molecule has 104 valence electrons. The maximum absolute atomic E-state index is 4.12. The van der Waals surface area contributed by atoms with Crippen LogP contribution in [0.1, 0.15) is 51.0 Å². The van der Waals surface area contributed by atoms with Crippen LogP contribution < -0.4 is 0 Å². The Morgan fingerprint density at radius 1 is 1.15 bits per heavy atom. The highest BCUT2D eigenvalue weighted by Gasteiger charge is 2.04. The topological polar surface area (TPSA) is 41.6 Å². The lowest BCUT2D eigenvalue weighted by Crippen LogP contribution is -1.83. The maximum Gasteiger partial charge on any atom is 0.0822 e. The lowest BCUT2D eigenvalue weighted by Gasteiger charge is -1.97. The average molecular weight is 267 g/mol. The molecule has 0 unspecified atom stereocenters. The highest BCUT2D eigenvalue weighted by Crippen LogP contribution is 2.18. The van der Waals surface area contributed by atoms with Crippen molar-refractivity contribution in [2.24, 2.45) is 0 Å². The van der Waals surface area contributed by atoms with Crippen molar-refractivity contribution >= 4 is 0 Å². The van der Waals surface area contributed by atoms with Crippen LogP contribution >= 0.6 is 0 Å². The van der Waals surface area contributed by atoms with E-state index in [9.17, 15) is 0 Å². The van der Waals surface area contributed by atoms with Crippen LogP contribution in [0.2, 0.25) is 0 Å². The van der Waals surface area contributed by atoms with Gasteiger partial charge in [-0.15, -0.1) is 0 Å². The van der Waals surface area contributed by atoms with Crippen LogP contribution in [0.15, 0.2) is 30.7 Å². The van der Waals surface area contributed by atoms with Gasteiger partial charge < -0.3 is 0 Å². The van der Waals surface area contributed by atoms with E-state index < -0.39 is 0 Å². The normalized spacial score (nSPS) is 10.1. The second-order valence-corrected chi connectivity index (χ2v) is 4.87. The third-order valence-corrected chi connectivity index (χ3v) is 3.22. The van der Waals surface area contributed by atoms with E-state index in [1.807, 2.05) is 18.3 Å². The predicted octanol–water partition coefficient (Wildman–Crippen LogP) is 4.18. The molecule has 3 heteroatoms. The first-order chi connectivity index (χ1) is 9.92. The molecule has 20 heavy (non-hydrogen) atoms. The molecule has 2 aromatic rings. The van der Waals surface area contributed by atoms with Gasteiger partial charge in [-0.1, -0.05) is 44.4 Å². The third kappa shape index (κ3) is 4.24. The quantitative estimate of drug-likeness (QED) is 0.630. The molecule has 0 aliphatic rings. The van der Waals surface area contributed by atoms with Crippen molar-refractivity contribution in [3.8, 4) is 23.1 Å². The zero-order valence-corrected chi connectivity index (χ0v) is 12.0. The van der Waals surface area contributed by atoms with Crippen molar-refractivity contribution in [2.75, 3.05) is 0 Å². The molecule has 0 aliphatic carbocycles. The van der Waals surface area contributed by atoms with E-state index in [0.717, 1.165) is 23.2 Å². The zero-order valence-electron chi connectivity index (χ0n) is 12.0. The Kier molecular flexibility index (Phi) is 5.85. The molecule has 0 fully saturated rings. The van der Waals surface area contributed by atoms with Crippen molar-refractivity contribution < 1.29 is 0 Å². The molecule has 0 atom stereocenters. The standard InChI is InChI=1S/C17H21N3/c1-2-3-4-5-6-7-8-10-16-14-19-20-17(16)15-11-9-12-18-13-15/h9,11-14H,2-7H2,1H3,(H,19,20). The Morgan fingerprint density at radius 3 is 2.85 bits per heavy atom. The van der Waals surface area contributed by atoms with E-state index in [1.165, 1.54) is 32.1 Å². The molecule has 3 nitrogen and oxygen atoms in total. The summed E-state index contributed by atoms with van der Waals surface area (Å²) in [6, 6.07) is 3.93. The monoisotopic (exact) mass is 267 g/mol. The van der Waals surface area contributed by atoms with E-state index in [-0.39, 0.29) is 0 Å². The fraction of sp³-hybridized carbons (Fsp3) is 0.412. The number of nitrogens with zero attached hydrogens (tertiary/aromatic N) is 2. The molecule has 0 amide bonds. The average Bonchev–Trinajstić information content (AvgIpc) is 2.96. The van der Waals surface area contributed by atoms with Crippen molar-refractivity contribution in [3.05, 3.63) is 36.3 Å². The van der Waals surface area contributed by atoms with E-state index in [2.05, 4.69) is 33.9 Å². The molecule has 0 radical (unpaired) electrons. The Hall–Kier alpha value is -2.08.